The molecule has 3 N–H and O–H groups in total. The number of ether oxygens (including phenoxy) is 1. The van der Waals surface area contributed by atoms with Crippen molar-refractivity contribution < 1.29 is 23.8 Å². The van der Waals surface area contributed by atoms with Gasteiger partial charge in [-0.2, -0.15) is 0 Å². The van der Waals surface area contributed by atoms with Gasteiger partial charge in [-0.05, 0) is 44.0 Å². The van der Waals surface area contributed by atoms with E-state index < -0.39 is 23.5 Å². The number of benzene rings is 1. The number of amidine groups is 1. The Balaban J connectivity index is 1.56. The molecular formula is C25H28FN5O4S. The number of carbonyl (C=O) groups is 2. The van der Waals surface area contributed by atoms with E-state index in [9.17, 15) is 19.1 Å². The van der Waals surface area contributed by atoms with Crippen LogP contribution in [-0.2, 0) is 14.3 Å². The minimum atomic E-state index is -1.17. The lowest BCUT2D eigenvalue weighted by atomic mass is 9.83. The van der Waals surface area contributed by atoms with Crippen LogP contribution in [0.1, 0.15) is 35.5 Å². The number of halogens is 1. The molecule has 0 saturated carbocycles. The van der Waals surface area contributed by atoms with E-state index in [-0.39, 0.29) is 38.0 Å². The summed E-state index contributed by atoms with van der Waals surface area (Å²) >= 11 is 1.40. The molecule has 0 spiro atoms. The van der Waals surface area contributed by atoms with Crippen molar-refractivity contribution in [3.05, 3.63) is 63.0 Å². The van der Waals surface area contributed by atoms with Crippen LogP contribution in [0.5, 0.6) is 0 Å². The number of aromatic nitrogens is 1. The summed E-state index contributed by atoms with van der Waals surface area (Å²) in [5.41, 5.74) is 0.647. The molecule has 2 fully saturated rings. The Morgan fingerprint density at radius 2 is 2.25 bits per heavy atom. The first kappa shape index (κ1) is 24.5. The molecule has 9 nitrogen and oxygen atoms in total. The molecule has 1 aromatic heterocycles. The molecule has 1 amide bonds. The number of thiazole rings is 1. The van der Waals surface area contributed by atoms with Crippen LogP contribution in [0.4, 0.5) is 4.39 Å². The van der Waals surface area contributed by atoms with Gasteiger partial charge in [-0.3, -0.25) is 14.7 Å². The summed E-state index contributed by atoms with van der Waals surface area (Å²) < 4.78 is 20.0. The van der Waals surface area contributed by atoms with Crippen LogP contribution in [0.2, 0.25) is 0 Å². The second kappa shape index (κ2) is 9.72. The molecule has 4 heterocycles. The van der Waals surface area contributed by atoms with Gasteiger partial charge in [0.1, 0.15) is 17.5 Å². The summed E-state index contributed by atoms with van der Waals surface area (Å²) in [6.07, 6.45) is 2.17. The lowest BCUT2D eigenvalue weighted by Gasteiger charge is -2.40. The van der Waals surface area contributed by atoms with E-state index in [1.807, 2.05) is 10.3 Å². The number of aliphatic imine (C=N–C) groups is 1. The number of nitrogens with one attached hydrogen (secondary N) is 2. The van der Waals surface area contributed by atoms with Crippen molar-refractivity contribution >= 4 is 29.0 Å². The molecule has 2 saturated heterocycles. The van der Waals surface area contributed by atoms with Crippen molar-refractivity contribution in [3.8, 4) is 0 Å². The highest BCUT2D eigenvalue weighted by Gasteiger charge is 2.50. The number of piperidine rings is 1. The highest BCUT2D eigenvalue weighted by molar-refractivity contribution is 7.11. The van der Waals surface area contributed by atoms with Crippen molar-refractivity contribution in [2.45, 2.75) is 31.9 Å². The van der Waals surface area contributed by atoms with Gasteiger partial charge in [-0.15, -0.1) is 11.3 Å². The second-order valence-electron chi connectivity index (χ2n) is 9.28. The number of aliphatic hydroxyl groups is 1. The zero-order valence-corrected chi connectivity index (χ0v) is 20.9. The molecule has 3 aliphatic heterocycles. The topological polar surface area (TPSA) is 116 Å². The first-order chi connectivity index (χ1) is 17.3. The number of likely N-dealkylation sites (tertiary alicyclic amines) is 1. The second-order valence-corrected chi connectivity index (χ2v) is 10.2. The number of amides is 1. The van der Waals surface area contributed by atoms with Crippen LogP contribution >= 0.6 is 11.3 Å². The van der Waals surface area contributed by atoms with Crippen LogP contribution in [0.25, 0.3) is 0 Å². The third kappa shape index (κ3) is 4.42. The van der Waals surface area contributed by atoms with Crippen LogP contribution < -0.4 is 10.6 Å². The predicted octanol–water partition coefficient (Wildman–Crippen LogP) is 1.68. The number of β-amino-alcohol motifs (C(OH)–C–C–N with tert-alkyl or cyclic N) is 1. The van der Waals surface area contributed by atoms with E-state index in [2.05, 4.69) is 15.6 Å². The molecule has 3 aliphatic rings. The maximum absolute atomic E-state index is 14.6. The van der Waals surface area contributed by atoms with Crippen LogP contribution in [0.3, 0.4) is 0 Å². The van der Waals surface area contributed by atoms with E-state index in [1.54, 1.807) is 32.2 Å². The number of rotatable bonds is 6. The number of hydrogen-bond donors (Lipinski definition) is 3. The van der Waals surface area contributed by atoms with Gasteiger partial charge >= 0.3 is 5.97 Å². The molecular weight excluding hydrogens is 485 g/mol. The molecule has 190 valence electrons. The van der Waals surface area contributed by atoms with Crippen molar-refractivity contribution in [2.24, 2.45) is 10.9 Å². The highest BCUT2D eigenvalue weighted by Crippen LogP contribution is 2.37. The fourth-order valence-electron chi connectivity index (χ4n) is 5.20. The minimum Gasteiger partial charge on any atom is -0.463 e. The number of esters is 1. The van der Waals surface area contributed by atoms with Crippen LogP contribution in [-0.4, -0.2) is 71.1 Å². The van der Waals surface area contributed by atoms with E-state index in [0.717, 1.165) is 0 Å². The average Bonchev–Trinajstić information content (AvgIpc) is 3.49. The van der Waals surface area contributed by atoms with E-state index in [0.29, 0.717) is 46.2 Å². The smallest absolute Gasteiger partial charge is 0.338 e. The molecule has 0 bridgehead atoms. The fraction of sp³-hybridized carbons (Fsp3) is 0.440. The Hall–Kier alpha value is -3.15. The quantitative estimate of drug-likeness (QED) is 0.504. The summed E-state index contributed by atoms with van der Waals surface area (Å²) in [5.74, 6) is -1.01. The number of nitrogens with zero attached hydrogens (tertiary/aromatic N) is 3. The molecule has 0 radical (unpaired) electrons. The van der Waals surface area contributed by atoms with Crippen LogP contribution in [0.15, 0.2) is 46.0 Å². The maximum Gasteiger partial charge on any atom is 0.338 e. The molecule has 36 heavy (non-hydrogen) atoms. The number of hydrogen-bond acceptors (Lipinski definition) is 9. The molecule has 2 aromatic rings. The minimum absolute atomic E-state index is 0.126. The van der Waals surface area contributed by atoms with Crippen molar-refractivity contribution in [1.29, 1.82) is 0 Å². The zero-order chi connectivity index (χ0) is 25.4. The number of carbonyl (C=O) groups excluding carboxylic acids is 2. The Morgan fingerprint density at radius 1 is 1.42 bits per heavy atom. The van der Waals surface area contributed by atoms with Crippen LogP contribution in [0, 0.1) is 18.7 Å². The first-order valence-electron chi connectivity index (χ1n) is 11.9. The predicted molar refractivity (Wildman–Crippen MR) is 132 cm³/mol. The fourth-order valence-corrected chi connectivity index (χ4v) is 5.78. The van der Waals surface area contributed by atoms with Gasteiger partial charge in [0, 0.05) is 36.9 Å². The van der Waals surface area contributed by atoms with Gasteiger partial charge in [0.25, 0.3) is 0 Å². The largest absolute Gasteiger partial charge is 0.463 e. The monoisotopic (exact) mass is 513 g/mol. The summed E-state index contributed by atoms with van der Waals surface area (Å²) in [4.78, 5) is 36.6. The molecule has 5 rings (SSSR count). The summed E-state index contributed by atoms with van der Waals surface area (Å²) in [5, 5.41) is 19.6. The molecule has 1 aromatic carbocycles. The normalized spacial score (nSPS) is 26.2. The molecule has 3 atom stereocenters. The first-order valence-corrected chi connectivity index (χ1v) is 12.8. The highest BCUT2D eigenvalue weighted by atomic mass is 32.1. The third-order valence-corrected chi connectivity index (χ3v) is 7.79. The lowest BCUT2D eigenvalue weighted by Crippen LogP contribution is -2.55. The number of fused-ring (bicyclic) bond motifs is 1. The summed E-state index contributed by atoms with van der Waals surface area (Å²) in [6, 6.07) is 3.94. The lowest BCUT2D eigenvalue weighted by molar-refractivity contribution is -0.139. The standard InChI is InChI=1S/C25H28FN5O4S/c1-3-35-24(33)19-18(11-31-9-7-16-22(32)28-12-25(16,34)13-31)29-21(23-27-8-10-36-23)30-20(19)15-5-4-6-17(26)14(15)2/h4-6,8,10,16,20,34H,3,7,9,11-13H2,1-2H3,(H,28,32)(H,29,30)/t16-,20-,25+/m0/s1. The summed E-state index contributed by atoms with van der Waals surface area (Å²) in [6.45, 7) is 4.88. The van der Waals surface area contributed by atoms with Gasteiger partial charge in [0.05, 0.1) is 18.1 Å². The Bertz CT molecular complexity index is 1250. The Morgan fingerprint density at radius 3 is 3.00 bits per heavy atom. The third-order valence-electron chi connectivity index (χ3n) is 7.01. The van der Waals surface area contributed by atoms with Gasteiger partial charge in [0.15, 0.2) is 10.8 Å². The van der Waals surface area contributed by atoms with Crippen molar-refractivity contribution in [3.63, 3.8) is 0 Å². The SMILES string of the molecule is CCOC(=O)C1=C(CN2CC[C@H]3C(=O)NC[C@@]3(O)C2)NC(c2nccs2)=N[C@H]1c1cccc(F)c1C. The van der Waals surface area contributed by atoms with E-state index in [4.69, 9.17) is 9.73 Å². The van der Waals surface area contributed by atoms with Gasteiger partial charge < -0.3 is 20.5 Å². The van der Waals surface area contributed by atoms with Crippen molar-refractivity contribution in [2.75, 3.05) is 32.8 Å². The van der Waals surface area contributed by atoms with Crippen molar-refractivity contribution in [1.82, 2.24) is 20.5 Å². The molecule has 0 unspecified atom stereocenters. The average molecular weight is 514 g/mol. The van der Waals surface area contributed by atoms with Gasteiger partial charge in [-0.1, -0.05) is 12.1 Å². The van der Waals surface area contributed by atoms with E-state index in [1.165, 1.54) is 17.4 Å². The zero-order valence-electron chi connectivity index (χ0n) is 20.1. The van der Waals surface area contributed by atoms with Gasteiger partial charge in [0.2, 0.25) is 5.91 Å². The molecule has 11 heteroatoms. The Labute approximate surface area is 212 Å². The van der Waals surface area contributed by atoms with Gasteiger partial charge in [-0.25, -0.2) is 14.2 Å². The van der Waals surface area contributed by atoms with E-state index >= 15 is 0 Å². The Kier molecular flexibility index (Phi) is 6.62. The molecule has 0 aliphatic carbocycles. The maximum atomic E-state index is 14.6. The summed E-state index contributed by atoms with van der Waals surface area (Å²) in [7, 11) is 0.